The molecule has 1 unspecified atom stereocenters. The monoisotopic (exact) mass is 382 g/mol. The van der Waals surface area contributed by atoms with Crippen molar-refractivity contribution < 1.29 is 4.79 Å². The van der Waals surface area contributed by atoms with E-state index in [-0.39, 0.29) is 5.91 Å². The molecule has 3 heterocycles. The number of amides is 1. The number of hydrogen-bond acceptors (Lipinski definition) is 6. The third-order valence-corrected chi connectivity index (χ3v) is 5.21. The summed E-state index contributed by atoms with van der Waals surface area (Å²) in [7, 11) is 0. The summed E-state index contributed by atoms with van der Waals surface area (Å²) in [5, 5.41) is 3.31. The van der Waals surface area contributed by atoms with Crippen LogP contribution in [-0.2, 0) is 4.79 Å². The zero-order valence-electron chi connectivity index (χ0n) is 17.1. The van der Waals surface area contributed by atoms with Gasteiger partial charge in [0.05, 0.1) is 12.7 Å². The fraction of sp³-hybridized carbons (Fsp3) is 0.524. The van der Waals surface area contributed by atoms with Crippen LogP contribution in [0.25, 0.3) is 0 Å². The first kappa shape index (κ1) is 20.2. The molecule has 0 spiro atoms. The number of aryl methyl sites for hydroxylation is 1. The number of pyridine rings is 1. The lowest BCUT2D eigenvalue weighted by molar-refractivity contribution is -0.132. The van der Waals surface area contributed by atoms with Gasteiger partial charge >= 0.3 is 0 Å². The van der Waals surface area contributed by atoms with E-state index < -0.39 is 0 Å². The second-order valence-corrected chi connectivity index (χ2v) is 7.28. The van der Waals surface area contributed by atoms with Crippen molar-refractivity contribution in [3.05, 3.63) is 42.1 Å². The van der Waals surface area contributed by atoms with Crippen molar-refractivity contribution in [1.82, 2.24) is 24.8 Å². The maximum absolute atomic E-state index is 12.5. The van der Waals surface area contributed by atoms with E-state index in [1.807, 2.05) is 31.7 Å². The third kappa shape index (κ3) is 5.25. The van der Waals surface area contributed by atoms with Gasteiger partial charge in [-0.2, -0.15) is 0 Å². The maximum atomic E-state index is 12.5. The van der Waals surface area contributed by atoms with Crippen molar-refractivity contribution in [3.63, 3.8) is 0 Å². The quantitative estimate of drug-likeness (QED) is 0.794. The van der Waals surface area contributed by atoms with Crippen LogP contribution in [0.15, 0.2) is 30.7 Å². The van der Waals surface area contributed by atoms with E-state index in [1.165, 1.54) is 0 Å². The number of rotatable bonds is 7. The van der Waals surface area contributed by atoms with E-state index in [0.717, 1.165) is 56.1 Å². The van der Waals surface area contributed by atoms with Gasteiger partial charge in [-0.25, -0.2) is 4.98 Å². The van der Waals surface area contributed by atoms with Crippen LogP contribution < -0.4 is 5.32 Å². The lowest BCUT2D eigenvalue weighted by atomic mass is 9.93. The Labute approximate surface area is 167 Å². The number of aromatic nitrogens is 3. The lowest BCUT2D eigenvalue weighted by Crippen LogP contribution is -2.43. The van der Waals surface area contributed by atoms with Gasteiger partial charge in [-0.15, -0.1) is 0 Å². The van der Waals surface area contributed by atoms with Crippen molar-refractivity contribution >= 4 is 17.4 Å². The SMILES string of the molecule is CCN(CC)C(=O)CN1CCCC(c2cc(Nc3cnccn3)cc(C)n2)C1. The van der Waals surface area contributed by atoms with E-state index in [4.69, 9.17) is 4.98 Å². The number of hydrogen-bond donors (Lipinski definition) is 1. The summed E-state index contributed by atoms with van der Waals surface area (Å²) in [6.07, 6.45) is 7.21. The lowest BCUT2D eigenvalue weighted by Gasteiger charge is -2.33. The van der Waals surface area contributed by atoms with E-state index in [1.54, 1.807) is 18.6 Å². The fourth-order valence-corrected chi connectivity index (χ4v) is 3.80. The standard InChI is InChI=1S/C21H30N6O/c1-4-27(5-2)21(28)15-26-10-6-7-17(14-26)19-12-18(11-16(3)24-19)25-20-13-22-8-9-23-20/h8-9,11-13,17H,4-7,10,14-15H2,1-3H3,(H,23,24,25). The molecular formula is C21H30N6O. The molecule has 0 bridgehead atoms. The molecule has 0 radical (unpaired) electrons. The predicted octanol–water partition coefficient (Wildman–Crippen LogP) is 2.97. The zero-order valence-corrected chi connectivity index (χ0v) is 17.1. The summed E-state index contributed by atoms with van der Waals surface area (Å²) in [6.45, 7) is 9.94. The maximum Gasteiger partial charge on any atom is 0.236 e. The molecule has 1 saturated heterocycles. The molecule has 1 amide bonds. The van der Waals surface area contributed by atoms with Crippen molar-refractivity contribution in [2.45, 2.75) is 39.5 Å². The molecule has 0 saturated carbocycles. The second-order valence-electron chi connectivity index (χ2n) is 7.28. The molecule has 1 aliphatic heterocycles. The number of nitrogens with one attached hydrogen (secondary N) is 1. The highest BCUT2D eigenvalue weighted by atomic mass is 16.2. The van der Waals surface area contributed by atoms with Crippen LogP contribution in [0.1, 0.15) is 44.0 Å². The smallest absolute Gasteiger partial charge is 0.236 e. The number of anilines is 2. The first-order chi connectivity index (χ1) is 13.6. The Hall–Kier alpha value is -2.54. The highest BCUT2D eigenvalue weighted by molar-refractivity contribution is 5.78. The molecule has 0 aromatic carbocycles. The van der Waals surface area contributed by atoms with Gasteiger partial charge in [0.15, 0.2) is 0 Å². The van der Waals surface area contributed by atoms with Crippen molar-refractivity contribution in [2.24, 2.45) is 0 Å². The molecular weight excluding hydrogens is 352 g/mol. The van der Waals surface area contributed by atoms with Gasteiger partial charge in [-0.1, -0.05) is 0 Å². The Morgan fingerprint density at radius 1 is 1.29 bits per heavy atom. The van der Waals surface area contributed by atoms with Gasteiger partial charge in [0, 0.05) is 55.0 Å². The minimum absolute atomic E-state index is 0.216. The summed E-state index contributed by atoms with van der Waals surface area (Å²) in [5.74, 6) is 1.27. The molecule has 1 N–H and O–H groups in total. The summed E-state index contributed by atoms with van der Waals surface area (Å²) in [4.78, 5) is 29.8. The normalized spacial score (nSPS) is 17.3. The molecule has 150 valence electrons. The number of nitrogens with zero attached hydrogens (tertiary/aromatic N) is 5. The number of carbonyl (C=O) groups excluding carboxylic acids is 1. The molecule has 1 atom stereocenters. The van der Waals surface area contributed by atoms with E-state index in [0.29, 0.717) is 18.3 Å². The topological polar surface area (TPSA) is 74.2 Å². The summed E-state index contributed by atoms with van der Waals surface area (Å²) in [5.41, 5.74) is 3.02. The van der Waals surface area contributed by atoms with Crippen LogP contribution in [0.2, 0.25) is 0 Å². The number of carbonyl (C=O) groups is 1. The van der Waals surface area contributed by atoms with E-state index >= 15 is 0 Å². The van der Waals surface area contributed by atoms with Crippen molar-refractivity contribution in [2.75, 3.05) is 38.0 Å². The first-order valence-corrected chi connectivity index (χ1v) is 10.1. The molecule has 1 fully saturated rings. The Kier molecular flexibility index (Phi) is 6.92. The van der Waals surface area contributed by atoms with E-state index in [2.05, 4.69) is 26.3 Å². The molecule has 3 rings (SSSR count). The van der Waals surface area contributed by atoms with Crippen molar-refractivity contribution in [1.29, 1.82) is 0 Å². The average molecular weight is 383 g/mol. The average Bonchev–Trinajstić information content (AvgIpc) is 2.69. The van der Waals surface area contributed by atoms with Crippen LogP contribution >= 0.6 is 0 Å². The molecule has 28 heavy (non-hydrogen) atoms. The van der Waals surface area contributed by atoms with Gasteiger partial charge < -0.3 is 10.2 Å². The Morgan fingerprint density at radius 2 is 2.11 bits per heavy atom. The molecule has 2 aromatic heterocycles. The minimum Gasteiger partial charge on any atom is -0.342 e. The van der Waals surface area contributed by atoms with Gasteiger partial charge in [0.25, 0.3) is 0 Å². The number of piperidine rings is 1. The second kappa shape index (κ2) is 9.59. The minimum atomic E-state index is 0.216. The molecule has 2 aromatic rings. The van der Waals surface area contributed by atoms with Crippen LogP contribution in [0.4, 0.5) is 11.5 Å². The van der Waals surface area contributed by atoms with Crippen LogP contribution in [-0.4, -0.2) is 63.4 Å². The zero-order chi connectivity index (χ0) is 19.9. The van der Waals surface area contributed by atoms with Gasteiger partial charge in [-0.05, 0) is 52.3 Å². The molecule has 0 aliphatic carbocycles. The highest BCUT2D eigenvalue weighted by Gasteiger charge is 2.25. The Morgan fingerprint density at radius 3 is 2.82 bits per heavy atom. The molecule has 7 nitrogen and oxygen atoms in total. The van der Waals surface area contributed by atoms with E-state index in [9.17, 15) is 4.79 Å². The molecule has 1 aliphatic rings. The number of likely N-dealkylation sites (tertiary alicyclic amines) is 1. The Bertz CT molecular complexity index is 778. The van der Waals surface area contributed by atoms with Crippen LogP contribution in [0, 0.1) is 6.92 Å². The van der Waals surface area contributed by atoms with Crippen molar-refractivity contribution in [3.8, 4) is 0 Å². The summed E-state index contributed by atoms with van der Waals surface area (Å²) < 4.78 is 0. The van der Waals surface area contributed by atoms with Gasteiger partial charge in [0.2, 0.25) is 5.91 Å². The third-order valence-electron chi connectivity index (χ3n) is 5.21. The van der Waals surface area contributed by atoms with Gasteiger partial charge in [-0.3, -0.25) is 19.7 Å². The van der Waals surface area contributed by atoms with Gasteiger partial charge in [0.1, 0.15) is 5.82 Å². The number of likely N-dealkylation sites (N-methyl/N-ethyl adjacent to an activating group) is 1. The fourth-order valence-electron chi connectivity index (χ4n) is 3.80. The first-order valence-electron chi connectivity index (χ1n) is 10.1. The molecule has 7 heteroatoms. The summed E-state index contributed by atoms with van der Waals surface area (Å²) in [6, 6.07) is 4.12. The predicted molar refractivity (Wildman–Crippen MR) is 111 cm³/mol. The van der Waals surface area contributed by atoms with Crippen LogP contribution in [0.5, 0.6) is 0 Å². The summed E-state index contributed by atoms with van der Waals surface area (Å²) >= 11 is 0. The highest BCUT2D eigenvalue weighted by Crippen LogP contribution is 2.28. The largest absolute Gasteiger partial charge is 0.342 e. The van der Waals surface area contributed by atoms with Crippen LogP contribution in [0.3, 0.4) is 0 Å². The Balaban J connectivity index is 1.69.